The van der Waals surface area contributed by atoms with Gasteiger partial charge in [0.05, 0.1) is 21.1 Å². The molecule has 3 N–H and O–H groups in total. The van der Waals surface area contributed by atoms with E-state index in [0.717, 1.165) is 12.8 Å². The van der Waals surface area contributed by atoms with Crippen LogP contribution in [-0.2, 0) is 4.57 Å². The Bertz CT molecular complexity index is 536. The number of nitrogens with zero attached hydrogens (tertiary/aromatic N) is 1. The van der Waals surface area contributed by atoms with Gasteiger partial charge in [-0.25, -0.2) is 0 Å². The maximum Gasteiger partial charge on any atom is 0.362 e. The Morgan fingerprint density at radius 1 is 0.710 bits per heavy atom. The molecule has 0 heterocycles. The molecule has 0 amide bonds. The third-order valence-corrected chi connectivity index (χ3v) is 6.98. The molecule has 0 rings (SSSR count). The fourth-order valence-electron chi connectivity index (χ4n) is 3.78. The first-order valence-electron chi connectivity index (χ1n) is 12.4. The largest absolute Gasteiger partial charge is 0.373 e. The second-order valence-corrected chi connectivity index (χ2v) is 11.9. The molecule has 0 aromatic heterocycles. The summed E-state index contributed by atoms with van der Waals surface area (Å²) in [5, 5.41) is 8.54. The van der Waals surface area contributed by atoms with Crippen molar-refractivity contribution < 1.29 is 23.9 Å². The fourth-order valence-corrected chi connectivity index (χ4v) is 4.81. The summed E-state index contributed by atoms with van der Waals surface area (Å²) in [6.45, 7) is 2.28. The molecule has 1 unspecified atom stereocenters. The van der Waals surface area contributed by atoms with Gasteiger partial charge in [-0.05, 0) is 51.4 Å². The van der Waals surface area contributed by atoms with Gasteiger partial charge in [-0.1, -0.05) is 76.2 Å². The summed E-state index contributed by atoms with van der Waals surface area (Å²) >= 11 is 0. The highest BCUT2D eigenvalue weighted by molar-refractivity contribution is 7.53. The van der Waals surface area contributed by atoms with Crippen LogP contribution in [0.1, 0.15) is 103 Å². The molecule has 0 aromatic carbocycles. The number of quaternary nitrogens is 1. The average molecular weight is 461 g/mol. The quantitative estimate of drug-likeness (QED) is 0.0834. The topological polar surface area (TPSA) is 77.8 Å². The van der Waals surface area contributed by atoms with Crippen molar-refractivity contribution in [2.75, 3.05) is 27.7 Å². The van der Waals surface area contributed by atoms with Gasteiger partial charge < -0.3 is 19.4 Å². The summed E-state index contributed by atoms with van der Waals surface area (Å²) in [7, 11) is 0.892. The maximum atomic E-state index is 11.8. The zero-order chi connectivity index (χ0) is 23.6. The molecule has 0 aliphatic carbocycles. The van der Waals surface area contributed by atoms with Gasteiger partial charge in [0, 0.05) is 0 Å². The lowest BCUT2D eigenvalue weighted by Crippen LogP contribution is -2.49. The molecule has 1 atom stereocenters. The highest BCUT2D eigenvalue weighted by atomic mass is 31.2. The lowest BCUT2D eigenvalue weighted by Gasteiger charge is -2.35. The molecule has 5 nitrogen and oxygen atoms in total. The van der Waals surface area contributed by atoms with Crippen LogP contribution in [0.5, 0.6) is 0 Å². The molecular weight excluding hydrogens is 409 g/mol. The molecule has 0 saturated heterocycles. The Kier molecular flexibility index (Phi) is 16.8. The van der Waals surface area contributed by atoms with E-state index in [-0.39, 0.29) is 13.0 Å². The van der Waals surface area contributed by atoms with E-state index in [1.54, 1.807) is 0 Å². The summed E-state index contributed by atoms with van der Waals surface area (Å²) < 4.78 is 12.1. The minimum atomic E-state index is -4.57. The van der Waals surface area contributed by atoms with E-state index in [4.69, 9.17) is 0 Å². The average Bonchev–Trinajstić information content (AvgIpc) is 2.65. The van der Waals surface area contributed by atoms with Crippen molar-refractivity contribution in [3.8, 4) is 0 Å². The van der Waals surface area contributed by atoms with Gasteiger partial charge in [-0.15, -0.1) is 0 Å². The summed E-state index contributed by atoms with van der Waals surface area (Å²) in [6, 6.07) is 0. The number of aliphatic hydroxyl groups is 1. The van der Waals surface area contributed by atoms with E-state index in [1.807, 2.05) is 27.2 Å². The van der Waals surface area contributed by atoms with Crippen molar-refractivity contribution >= 4 is 7.60 Å². The van der Waals surface area contributed by atoms with Crippen LogP contribution in [0.15, 0.2) is 24.3 Å². The Morgan fingerprint density at radius 2 is 1.10 bits per heavy atom. The molecule has 6 heteroatoms. The summed E-state index contributed by atoms with van der Waals surface area (Å²) in [5.41, 5.74) is 0. The monoisotopic (exact) mass is 460 g/mol. The van der Waals surface area contributed by atoms with E-state index in [0.29, 0.717) is 10.9 Å². The number of hydrogen-bond donors (Lipinski definition) is 3. The van der Waals surface area contributed by atoms with Crippen LogP contribution in [-0.4, -0.2) is 52.4 Å². The van der Waals surface area contributed by atoms with Crippen LogP contribution in [0, 0.1) is 0 Å². The van der Waals surface area contributed by atoms with Gasteiger partial charge in [-0.2, -0.15) is 0 Å². The molecule has 0 radical (unpaired) electrons. The van der Waals surface area contributed by atoms with Crippen LogP contribution < -0.4 is 0 Å². The number of hydrogen-bond acceptors (Lipinski definition) is 2. The first-order chi connectivity index (χ1) is 14.5. The molecule has 0 aliphatic heterocycles. The maximum absolute atomic E-state index is 11.8. The predicted octanol–water partition coefficient (Wildman–Crippen LogP) is 6.54. The third-order valence-electron chi connectivity index (χ3n) is 5.53. The summed E-state index contributed by atoms with van der Waals surface area (Å²) in [4.78, 5) is 19.1. The first kappa shape index (κ1) is 30.6. The van der Waals surface area contributed by atoms with Gasteiger partial charge in [0.1, 0.15) is 6.54 Å². The van der Waals surface area contributed by atoms with Crippen LogP contribution in [0.2, 0.25) is 0 Å². The van der Waals surface area contributed by atoms with Gasteiger partial charge in [0.2, 0.25) is 5.34 Å². The molecule has 184 valence electrons. The Labute approximate surface area is 192 Å². The smallest absolute Gasteiger partial charge is 0.362 e. The Hall–Kier alpha value is -0.450. The van der Waals surface area contributed by atoms with E-state index < -0.39 is 12.9 Å². The Morgan fingerprint density at radius 3 is 1.48 bits per heavy atom. The first-order valence-corrected chi connectivity index (χ1v) is 14.0. The summed E-state index contributed by atoms with van der Waals surface area (Å²) in [6.07, 6.45) is 25.7. The summed E-state index contributed by atoms with van der Waals surface area (Å²) in [5.74, 6) is 0. The molecule has 0 saturated carbocycles. The predicted molar refractivity (Wildman–Crippen MR) is 133 cm³/mol. The SMILES string of the molecule is CCCCCC/C=C\CCCCCCCC/C=C\CCC(O)(C[N+](C)(C)C)P(=O)(O)O. The molecule has 0 spiro atoms. The second kappa shape index (κ2) is 17.1. The minimum absolute atomic E-state index is 0.0276. The van der Waals surface area contributed by atoms with E-state index >= 15 is 0 Å². The lowest BCUT2D eigenvalue weighted by molar-refractivity contribution is -0.875. The van der Waals surface area contributed by atoms with Gasteiger partial charge >= 0.3 is 7.60 Å². The lowest BCUT2D eigenvalue weighted by atomic mass is 10.1. The van der Waals surface area contributed by atoms with Crippen LogP contribution >= 0.6 is 7.60 Å². The van der Waals surface area contributed by atoms with Crippen LogP contribution in [0.25, 0.3) is 0 Å². The molecule has 0 fully saturated rings. The highest BCUT2D eigenvalue weighted by Gasteiger charge is 2.48. The van der Waals surface area contributed by atoms with Gasteiger partial charge in [0.15, 0.2) is 0 Å². The Balaban J connectivity index is 3.73. The van der Waals surface area contributed by atoms with Gasteiger partial charge in [-0.3, -0.25) is 4.57 Å². The van der Waals surface area contributed by atoms with Crippen molar-refractivity contribution in [3.05, 3.63) is 24.3 Å². The van der Waals surface area contributed by atoms with E-state index in [2.05, 4.69) is 25.2 Å². The van der Waals surface area contributed by atoms with Crippen LogP contribution in [0.3, 0.4) is 0 Å². The van der Waals surface area contributed by atoms with E-state index in [1.165, 1.54) is 70.6 Å². The number of unbranched alkanes of at least 4 members (excludes halogenated alkanes) is 11. The van der Waals surface area contributed by atoms with Crippen molar-refractivity contribution in [1.82, 2.24) is 0 Å². The fraction of sp³-hybridized carbons (Fsp3) is 0.840. The van der Waals surface area contributed by atoms with Crippen molar-refractivity contribution in [2.45, 2.75) is 109 Å². The normalized spacial score (nSPS) is 15.2. The third kappa shape index (κ3) is 17.7. The second-order valence-electron chi connectivity index (χ2n) is 10.0. The number of allylic oxidation sites excluding steroid dienone is 4. The highest BCUT2D eigenvalue weighted by Crippen LogP contribution is 2.52. The zero-order valence-corrected chi connectivity index (χ0v) is 21.7. The van der Waals surface area contributed by atoms with Crippen molar-refractivity contribution in [3.63, 3.8) is 0 Å². The van der Waals surface area contributed by atoms with E-state index in [9.17, 15) is 19.5 Å². The van der Waals surface area contributed by atoms with Gasteiger partial charge in [0.25, 0.3) is 0 Å². The number of rotatable bonds is 20. The minimum Gasteiger partial charge on any atom is -0.373 e. The van der Waals surface area contributed by atoms with Crippen molar-refractivity contribution in [1.29, 1.82) is 0 Å². The standard InChI is InChI=1S/C25H50NO4P/c1-5-6-7-8-9-10-11-12-13-14-15-16-17-18-19-20-21-22-23-25(27,31(28,29)30)24-26(2,3)4/h10-11,20-21,27H,5-9,12-19,22-24H2,1-4H3,(H-,28,29,30)/p+1/b11-10-,21-20-. The molecular formula is C25H51NO4P+. The molecule has 0 aromatic rings. The molecule has 31 heavy (non-hydrogen) atoms. The molecule has 0 bridgehead atoms. The number of likely N-dealkylation sites (N-methyl/N-ethyl adjacent to an activating group) is 1. The zero-order valence-electron chi connectivity index (χ0n) is 20.8. The van der Waals surface area contributed by atoms with Crippen LogP contribution in [0.4, 0.5) is 0 Å². The molecule has 0 aliphatic rings. The van der Waals surface area contributed by atoms with Crippen molar-refractivity contribution in [2.24, 2.45) is 0 Å².